The van der Waals surface area contributed by atoms with Crippen LogP contribution in [0.25, 0.3) is 0 Å². The second-order valence-electron chi connectivity index (χ2n) is 8.18. The highest BCUT2D eigenvalue weighted by Crippen LogP contribution is 2.41. The minimum atomic E-state index is -3.44. The van der Waals surface area contributed by atoms with Gasteiger partial charge in [0, 0.05) is 30.7 Å². The average Bonchev–Trinajstić information content (AvgIpc) is 2.65. The van der Waals surface area contributed by atoms with E-state index < -0.39 is 15.6 Å². The Morgan fingerprint density at radius 2 is 1.97 bits per heavy atom. The minimum Gasteiger partial charge on any atom is -0.497 e. The molecule has 0 bridgehead atoms. The van der Waals surface area contributed by atoms with E-state index in [1.807, 2.05) is 32.0 Å². The molecule has 1 aliphatic rings. The number of hydrogen-bond acceptors (Lipinski definition) is 5. The summed E-state index contributed by atoms with van der Waals surface area (Å²) in [6.07, 6.45) is 1.73. The molecule has 3 rings (SSSR count). The third-order valence-corrected chi connectivity index (χ3v) is 6.56. The number of benzene rings is 2. The molecule has 1 N–H and O–H groups in total. The Balaban J connectivity index is 1.94. The van der Waals surface area contributed by atoms with E-state index in [1.165, 1.54) is 11.4 Å². The Labute approximate surface area is 178 Å². The summed E-state index contributed by atoms with van der Waals surface area (Å²) < 4.78 is 36.4. The van der Waals surface area contributed by atoms with E-state index in [-0.39, 0.29) is 11.9 Å². The maximum atomic E-state index is 13.2. The van der Waals surface area contributed by atoms with Crippen LogP contribution in [0.2, 0.25) is 0 Å². The number of ether oxygens (including phenoxy) is 2. The molecule has 1 amide bonds. The van der Waals surface area contributed by atoms with Crippen molar-refractivity contribution < 1.29 is 22.7 Å². The van der Waals surface area contributed by atoms with Crippen molar-refractivity contribution in [1.29, 1.82) is 0 Å². The number of nitrogens with zero attached hydrogens (tertiary/aromatic N) is 1. The molecule has 1 atom stereocenters. The largest absolute Gasteiger partial charge is 0.497 e. The Hall–Kier alpha value is -2.74. The van der Waals surface area contributed by atoms with Crippen LogP contribution in [0.3, 0.4) is 0 Å². The van der Waals surface area contributed by atoms with Crippen LogP contribution >= 0.6 is 0 Å². The van der Waals surface area contributed by atoms with Crippen LogP contribution < -0.4 is 19.1 Å². The van der Waals surface area contributed by atoms with Crippen LogP contribution in [0.15, 0.2) is 36.4 Å². The van der Waals surface area contributed by atoms with E-state index in [9.17, 15) is 13.2 Å². The van der Waals surface area contributed by atoms with E-state index in [0.29, 0.717) is 34.7 Å². The second-order valence-corrected chi connectivity index (χ2v) is 10.2. The number of hydrogen-bond donors (Lipinski definition) is 1. The lowest BCUT2D eigenvalue weighted by Crippen LogP contribution is -2.41. The van der Waals surface area contributed by atoms with Crippen LogP contribution in [-0.2, 0) is 10.0 Å². The number of amides is 1. The van der Waals surface area contributed by atoms with Crippen LogP contribution in [0.4, 0.5) is 5.69 Å². The molecule has 0 radical (unpaired) electrons. The van der Waals surface area contributed by atoms with Crippen molar-refractivity contribution in [2.45, 2.75) is 38.8 Å². The van der Waals surface area contributed by atoms with E-state index in [2.05, 4.69) is 5.32 Å². The number of fused-ring (bicyclic) bond motifs is 1. The summed E-state index contributed by atoms with van der Waals surface area (Å²) in [4.78, 5) is 13.2. The van der Waals surface area contributed by atoms with Gasteiger partial charge in [0.25, 0.3) is 5.91 Å². The van der Waals surface area contributed by atoms with Crippen molar-refractivity contribution in [3.63, 3.8) is 0 Å². The zero-order valence-corrected chi connectivity index (χ0v) is 19.0. The fourth-order valence-electron chi connectivity index (χ4n) is 3.71. The monoisotopic (exact) mass is 432 g/mol. The topological polar surface area (TPSA) is 84.9 Å². The summed E-state index contributed by atoms with van der Waals surface area (Å²) >= 11 is 0. The Morgan fingerprint density at radius 3 is 2.60 bits per heavy atom. The molecule has 8 heteroatoms. The summed E-state index contributed by atoms with van der Waals surface area (Å²) in [6, 6.07) is 10.4. The molecule has 0 fully saturated rings. The summed E-state index contributed by atoms with van der Waals surface area (Å²) in [5, 5.41) is 3.10. The number of methoxy groups -OCH3 is 1. The van der Waals surface area contributed by atoms with E-state index in [4.69, 9.17) is 9.47 Å². The highest BCUT2D eigenvalue weighted by atomic mass is 32.2. The van der Waals surface area contributed by atoms with Crippen molar-refractivity contribution in [1.82, 2.24) is 5.32 Å². The lowest BCUT2D eigenvalue weighted by atomic mass is 9.89. The third-order valence-electron chi connectivity index (χ3n) is 5.37. The van der Waals surface area contributed by atoms with Gasteiger partial charge in [0.2, 0.25) is 10.0 Å². The quantitative estimate of drug-likeness (QED) is 0.782. The Bertz CT molecular complexity index is 1080. The molecule has 0 saturated carbocycles. The molecule has 1 aliphatic heterocycles. The molecule has 30 heavy (non-hydrogen) atoms. The van der Waals surface area contributed by atoms with Crippen molar-refractivity contribution in [3.05, 3.63) is 53.1 Å². The summed E-state index contributed by atoms with van der Waals surface area (Å²) in [5.41, 5.74) is 1.92. The van der Waals surface area contributed by atoms with Gasteiger partial charge in [0.1, 0.15) is 17.1 Å². The highest BCUT2D eigenvalue weighted by Gasteiger charge is 2.35. The van der Waals surface area contributed by atoms with E-state index in [1.54, 1.807) is 32.2 Å². The molecule has 0 spiro atoms. The van der Waals surface area contributed by atoms with Crippen LogP contribution in [0.1, 0.15) is 47.8 Å². The number of anilines is 1. The van der Waals surface area contributed by atoms with Crippen molar-refractivity contribution in [3.8, 4) is 11.5 Å². The SMILES string of the molecule is COc1ccc2c(c1)OC(C)(C)C[C@@H]2NC(=O)c1cccc(N(C)S(C)(=O)=O)c1C. The molecule has 0 aromatic heterocycles. The Morgan fingerprint density at radius 1 is 1.27 bits per heavy atom. The van der Waals surface area contributed by atoms with Crippen molar-refractivity contribution in [2.24, 2.45) is 0 Å². The highest BCUT2D eigenvalue weighted by molar-refractivity contribution is 7.92. The van der Waals surface area contributed by atoms with Crippen LogP contribution in [0, 0.1) is 6.92 Å². The summed E-state index contributed by atoms with van der Waals surface area (Å²) in [5.74, 6) is 1.10. The lowest BCUT2D eigenvalue weighted by Gasteiger charge is -2.38. The smallest absolute Gasteiger partial charge is 0.252 e. The van der Waals surface area contributed by atoms with Gasteiger partial charge in [-0.3, -0.25) is 9.10 Å². The van der Waals surface area contributed by atoms with Gasteiger partial charge in [-0.05, 0) is 50.6 Å². The fourth-order valence-corrected chi connectivity index (χ4v) is 4.27. The molecular formula is C22H28N2O5S. The van der Waals surface area contributed by atoms with Gasteiger partial charge in [0.05, 0.1) is 25.1 Å². The van der Waals surface area contributed by atoms with E-state index >= 15 is 0 Å². The number of carbonyl (C=O) groups is 1. The first kappa shape index (κ1) is 22.0. The number of rotatable bonds is 5. The molecule has 0 unspecified atom stereocenters. The predicted molar refractivity (Wildman–Crippen MR) is 117 cm³/mol. The zero-order valence-electron chi connectivity index (χ0n) is 18.1. The molecule has 2 aromatic carbocycles. The van der Waals surface area contributed by atoms with Gasteiger partial charge >= 0.3 is 0 Å². The normalized spacial score (nSPS) is 17.5. The molecule has 0 aliphatic carbocycles. The molecule has 162 valence electrons. The number of carbonyl (C=O) groups excluding carboxylic acids is 1. The maximum absolute atomic E-state index is 13.2. The lowest BCUT2D eigenvalue weighted by molar-refractivity contribution is 0.0617. The molecule has 7 nitrogen and oxygen atoms in total. The molecule has 2 aromatic rings. The van der Waals surface area contributed by atoms with Crippen molar-refractivity contribution >= 4 is 21.6 Å². The van der Waals surface area contributed by atoms with Gasteiger partial charge < -0.3 is 14.8 Å². The standard InChI is InChI=1S/C22H28N2O5S/c1-14-16(8-7-9-19(14)24(4)30(6,26)27)21(25)23-18-13-22(2,3)29-20-12-15(28-5)10-11-17(18)20/h7-12,18H,13H2,1-6H3,(H,23,25)/t18-/m0/s1. The first-order chi connectivity index (χ1) is 13.9. The average molecular weight is 433 g/mol. The first-order valence-corrected chi connectivity index (χ1v) is 11.5. The predicted octanol–water partition coefficient (Wildman–Crippen LogP) is 3.43. The van der Waals surface area contributed by atoms with Crippen LogP contribution in [-0.4, -0.2) is 40.3 Å². The third kappa shape index (κ3) is 4.38. The van der Waals surface area contributed by atoms with Gasteiger partial charge in [-0.2, -0.15) is 0 Å². The van der Waals surface area contributed by atoms with Gasteiger partial charge in [-0.1, -0.05) is 6.07 Å². The molecular weight excluding hydrogens is 404 g/mol. The Kier molecular flexibility index (Phi) is 5.73. The summed E-state index contributed by atoms with van der Waals surface area (Å²) in [7, 11) is -0.365. The molecule has 0 saturated heterocycles. The van der Waals surface area contributed by atoms with Gasteiger partial charge in [0.15, 0.2) is 0 Å². The van der Waals surface area contributed by atoms with Crippen molar-refractivity contribution in [2.75, 3.05) is 24.7 Å². The minimum absolute atomic E-state index is 0.252. The maximum Gasteiger partial charge on any atom is 0.252 e. The van der Waals surface area contributed by atoms with Gasteiger partial charge in [-0.15, -0.1) is 0 Å². The number of sulfonamides is 1. The first-order valence-electron chi connectivity index (χ1n) is 9.64. The fraction of sp³-hybridized carbons (Fsp3) is 0.409. The molecule has 1 heterocycles. The van der Waals surface area contributed by atoms with Gasteiger partial charge in [-0.25, -0.2) is 8.42 Å². The van der Waals surface area contributed by atoms with E-state index in [0.717, 1.165) is 11.8 Å². The number of nitrogens with one attached hydrogen (secondary N) is 1. The second kappa shape index (κ2) is 7.83. The van der Waals surface area contributed by atoms with Crippen LogP contribution in [0.5, 0.6) is 11.5 Å². The zero-order chi connectivity index (χ0) is 22.3. The summed E-state index contributed by atoms with van der Waals surface area (Å²) in [6.45, 7) is 5.70.